The highest BCUT2D eigenvalue weighted by Crippen LogP contribution is 2.55. The Balaban J connectivity index is 2.34. The van der Waals surface area contributed by atoms with Gasteiger partial charge in [-0.05, 0) is 33.3 Å². The van der Waals surface area contributed by atoms with Crippen molar-refractivity contribution in [1.82, 2.24) is 5.32 Å². The van der Waals surface area contributed by atoms with Crippen LogP contribution >= 0.6 is 0 Å². The third-order valence-corrected chi connectivity index (χ3v) is 5.84. The van der Waals surface area contributed by atoms with Crippen LogP contribution in [0.25, 0.3) is 0 Å². The van der Waals surface area contributed by atoms with Gasteiger partial charge in [0.15, 0.2) is 9.84 Å². The molecule has 0 heterocycles. The summed E-state index contributed by atoms with van der Waals surface area (Å²) in [4.78, 5) is 12.2. The third kappa shape index (κ3) is 3.72. The molecule has 0 spiro atoms. The molecule has 24 heavy (non-hydrogen) atoms. The average Bonchev–Trinajstić information content (AvgIpc) is 3.06. The van der Waals surface area contributed by atoms with Gasteiger partial charge in [-0.1, -0.05) is 29.8 Å². The second-order valence-corrected chi connectivity index (χ2v) is 9.68. The van der Waals surface area contributed by atoms with Gasteiger partial charge in [0.05, 0.1) is 10.8 Å². The molecular formula is C17H26N2O4S. The Kier molecular flexibility index (Phi) is 4.71. The Morgan fingerprint density at radius 3 is 2.25 bits per heavy atom. The molecule has 134 valence electrons. The number of carbonyl (C=O) groups excluding carboxylic acids is 1. The van der Waals surface area contributed by atoms with Gasteiger partial charge < -0.3 is 15.8 Å². The van der Waals surface area contributed by atoms with Gasteiger partial charge in [-0.2, -0.15) is 0 Å². The number of nitrogens with one attached hydrogen (secondary N) is 1. The second kappa shape index (κ2) is 6.04. The molecule has 3 atom stereocenters. The summed E-state index contributed by atoms with van der Waals surface area (Å²) in [5, 5.41) is 1.97. The summed E-state index contributed by atoms with van der Waals surface area (Å²) in [7, 11) is -3.40. The number of hydrogen-bond acceptors (Lipinski definition) is 5. The summed E-state index contributed by atoms with van der Waals surface area (Å²) < 4.78 is 29.8. The highest BCUT2D eigenvalue weighted by molar-refractivity contribution is 7.91. The minimum Gasteiger partial charge on any atom is -0.444 e. The molecule has 3 N–H and O–H groups in total. The third-order valence-electron chi connectivity index (χ3n) is 4.23. The lowest BCUT2D eigenvalue weighted by Gasteiger charge is -2.24. The van der Waals surface area contributed by atoms with E-state index in [1.807, 2.05) is 31.2 Å². The van der Waals surface area contributed by atoms with Crippen molar-refractivity contribution in [1.29, 1.82) is 0 Å². The number of aryl methyl sites for hydroxylation is 1. The van der Waals surface area contributed by atoms with Crippen molar-refractivity contribution in [2.24, 2.45) is 5.73 Å². The maximum absolute atomic E-state index is 12.2. The summed E-state index contributed by atoms with van der Waals surface area (Å²) in [6.07, 6.45) is 0.517. The molecule has 7 heteroatoms. The predicted octanol–water partition coefficient (Wildman–Crippen LogP) is 1.73. The number of alkyl carbamates (subject to hydrolysis) is 1. The van der Waals surface area contributed by atoms with E-state index in [-0.39, 0.29) is 12.5 Å². The van der Waals surface area contributed by atoms with Crippen molar-refractivity contribution in [3.8, 4) is 0 Å². The maximum Gasteiger partial charge on any atom is 0.408 e. The summed E-state index contributed by atoms with van der Waals surface area (Å²) in [6, 6.07) is 7.60. The lowest BCUT2D eigenvalue weighted by molar-refractivity contribution is 0.0497. The van der Waals surface area contributed by atoms with E-state index in [0.717, 1.165) is 11.1 Å². The maximum atomic E-state index is 12.2. The Morgan fingerprint density at radius 2 is 1.83 bits per heavy atom. The van der Waals surface area contributed by atoms with Crippen LogP contribution in [0.15, 0.2) is 24.3 Å². The molecule has 0 aromatic heterocycles. The monoisotopic (exact) mass is 354 g/mol. The van der Waals surface area contributed by atoms with E-state index in [1.54, 1.807) is 20.8 Å². The zero-order valence-electron chi connectivity index (χ0n) is 14.8. The van der Waals surface area contributed by atoms with Gasteiger partial charge in [-0.15, -0.1) is 0 Å². The predicted molar refractivity (Wildman–Crippen MR) is 93.7 cm³/mol. The first-order chi connectivity index (χ1) is 10.9. The fourth-order valence-corrected chi connectivity index (χ4v) is 5.10. The van der Waals surface area contributed by atoms with Crippen LogP contribution in [0.5, 0.6) is 0 Å². The van der Waals surface area contributed by atoms with Crippen molar-refractivity contribution in [3.05, 3.63) is 35.4 Å². The minimum atomic E-state index is -3.40. The lowest BCUT2D eigenvalue weighted by atomic mass is 10.0. The SMILES string of the molecule is Cc1ccc([C@H]2[C@H](S(C)(=O)=O)[C@@]2(CN)NC(=O)OC(C)(C)C)cc1. The molecule has 6 nitrogen and oxygen atoms in total. The number of amides is 1. The van der Waals surface area contributed by atoms with E-state index in [0.29, 0.717) is 0 Å². The summed E-state index contributed by atoms with van der Waals surface area (Å²) in [5.41, 5.74) is 6.10. The van der Waals surface area contributed by atoms with Crippen molar-refractivity contribution >= 4 is 15.9 Å². The van der Waals surface area contributed by atoms with Crippen molar-refractivity contribution < 1.29 is 17.9 Å². The molecular weight excluding hydrogens is 328 g/mol. The topological polar surface area (TPSA) is 98.5 Å². The zero-order chi connectivity index (χ0) is 18.3. The normalized spacial score (nSPS) is 26.8. The van der Waals surface area contributed by atoms with Crippen molar-refractivity contribution in [3.63, 3.8) is 0 Å². The Hall–Kier alpha value is -1.60. The van der Waals surface area contributed by atoms with Gasteiger partial charge in [0.1, 0.15) is 5.60 Å². The van der Waals surface area contributed by atoms with E-state index < -0.39 is 32.3 Å². The molecule has 1 fully saturated rings. The highest BCUT2D eigenvalue weighted by atomic mass is 32.2. The van der Waals surface area contributed by atoms with Crippen LogP contribution < -0.4 is 11.1 Å². The molecule has 0 saturated heterocycles. The molecule has 1 aliphatic rings. The smallest absolute Gasteiger partial charge is 0.408 e. The number of rotatable bonds is 4. The Morgan fingerprint density at radius 1 is 1.29 bits per heavy atom. The molecule has 0 unspecified atom stereocenters. The molecule has 1 aliphatic carbocycles. The molecule has 2 rings (SSSR count). The van der Waals surface area contributed by atoms with Crippen molar-refractivity contribution in [2.45, 2.75) is 50.0 Å². The summed E-state index contributed by atoms with van der Waals surface area (Å²) in [6.45, 7) is 7.22. The van der Waals surface area contributed by atoms with Gasteiger partial charge in [0, 0.05) is 18.7 Å². The quantitative estimate of drug-likeness (QED) is 0.858. The van der Waals surface area contributed by atoms with Gasteiger partial charge in [0.2, 0.25) is 0 Å². The molecule has 0 bridgehead atoms. The van der Waals surface area contributed by atoms with E-state index in [4.69, 9.17) is 10.5 Å². The number of hydrogen-bond donors (Lipinski definition) is 2. The van der Waals surface area contributed by atoms with Crippen LogP contribution in [0.3, 0.4) is 0 Å². The van der Waals surface area contributed by atoms with Gasteiger partial charge in [0.25, 0.3) is 0 Å². The molecule has 0 radical (unpaired) electrons. The summed E-state index contributed by atoms with van der Waals surface area (Å²) in [5.74, 6) is -0.384. The minimum absolute atomic E-state index is 0.0164. The van der Waals surface area contributed by atoms with E-state index >= 15 is 0 Å². The molecule has 0 aliphatic heterocycles. The van der Waals surface area contributed by atoms with Crippen LogP contribution in [0.2, 0.25) is 0 Å². The van der Waals surface area contributed by atoms with E-state index in [9.17, 15) is 13.2 Å². The Bertz CT molecular complexity index is 722. The molecule has 1 aromatic rings. The Labute approximate surface area is 143 Å². The zero-order valence-corrected chi connectivity index (χ0v) is 15.6. The second-order valence-electron chi connectivity index (χ2n) is 7.51. The number of ether oxygens (including phenoxy) is 1. The standard InChI is InChI=1S/C17H26N2O4S/c1-11-6-8-12(9-7-11)13-14(24(5,21)22)17(13,10-18)19-15(20)23-16(2,3)4/h6-9,13-14H,10,18H2,1-5H3,(H,19,20)/t13-,14-,17-/m0/s1. The number of sulfone groups is 1. The fraction of sp³-hybridized carbons (Fsp3) is 0.588. The first-order valence-corrected chi connectivity index (χ1v) is 9.83. The van der Waals surface area contributed by atoms with Gasteiger partial charge >= 0.3 is 6.09 Å². The lowest BCUT2D eigenvalue weighted by Crippen LogP contribution is -2.48. The van der Waals surface area contributed by atoms with E-state index in [2.05, 4.69) is 5.32 Å². The van der Waals surface area contributed by atoms with Crippen LogP contribution in [0.1, 0.15) is 37.8 Å². The van der Waals surface area contributed by atoms with Crippen LogP contribution in [-0.2, 0) is 14.6 Å². The van der Waals surface area contributed by atoms with Crippen LogP contribution in [0, 0.1) is 6.92 Å². The van der Waals surface area contributed by atoms with Crippen molar-refractivity contribution in [2.75, 3.05) is 12.8 Å². The van der Waals surface area contributed by atoms with Gasteiger partial charge in [-0.3, -0.25) is 0 Å². The molecule has 1 aromatic carbocycles. The van der Waals surface area contributed by atoms with Crippen LogP contribution in [-0.4, -0.2) is 43.7 Å². The molecule has 1 amide bonds. The first kappa shape index (κ1) is 18.7. The van der Waals surface area contributed by atoms with Crippen LogP contribution in [0.4, 0.5) is 4.79 Å². The highest BCUT2D eigenvalue weighted by Gasteiger charge is 2.70. The van der Waals surface area contributed by atoms with E-state index in [1.165, 1.54) is 6.26 Å². The number of nitrogens with two attached hydrogens (primary N) is 1. The molecule has 1 saturated carbocycles. The first-order valence-electron chi connectivity index (χ1n) is 7.87. The number of carbonyl (C=O) groups is 1. The average molecular weight is 354 g/mol. The van der Waals surface area contributed by atoms with Gasteiger partial charge in [-0.25, -0.2) is 13.2 Å². The number of benzene rings is 1. The fourth-order valence-electron chi connectivity index (χ4n) is 3.22. The summed E-state index contributed by atoms with van der Waals surface area (Å²) >= 11 is 0. The largest absolute Gasteiger partial charge is 0.444 e.